The zero-order valence-electron chi connectivity index (χ0n) is 19.7. The van der Waals surface area contributed by atoms with Gasteiger partial charge in [-0.05, 0) is 66.1 Å². The van der Waals surface area contributed by atoms with Crippen LogP contribution in [0.4, 0.5) is 0 Å². The lowest BCUT2D eigenvalue weighted by atomic mass is 9.77. The molecule has 1 heterocycles. The average molecular weight is 487 g/mol. The SMILES string of the molecule is COc1ccc2c(c1)C[C@H]1[C@@H](OC(=O)c3ccccc3)[C@H](O)C(COC(=O)c3ccccc3)=C[C@H]1O2. The Bertz CT molecular complexity index is 1270. The number of methoxy groups -OCH3 is 1. The molecule has 3 aromatic rings. The van der Waals surface area contributed by atoms with Gasteiger partial charge in [0.05, 0.1) is 18.2 Å². The Kier molecular flexibility index (Phi) is 6.73. The zero-order valence-corrected chi connectivity index (χ0v) is 19.7. The van der Waals surface area contributed by atoms with Crippen LogP contribution in [0.3, 0.4) is 0 Å². The van der Waals surface area contributed by atoms with Crippen LogP contribution in [-0.2, 0) is 15.9 Å². The summed E-state index contributed by atoms with van der Waals surface area (Å²) >= 11 is 0. The number of rotatable bonds is 6. The molecular formula is C29H26O7. The average Bonchev–Trinajstić information content (AvgIpc) is 2.93. The fourth-order valence-corrected chi connectivity index (χ4v) is 4.63. The summed E-state index contributed by atoms with van der Waals surface area (Å²) in [6, 6.07) is 22.8. The molecule has 2 aliphatic rings. The molecule has 3 aromatic carbocycles. The van der Waals surface area contributed by atoms with Crippen molar-refractivity contribution < 1.29 is 33.6 Å². The lowest BCUT2D eigenvalue weighted by Gasteiger charge is -2.42. The molecule has 184 valence electrons. The summed E-state index contributed by atoms with van der Waals surface area (Å²) in [5.41, 5.74) is 2.11. The predicted molar refractivity (Wildman–Crippen MR) is 131 cm³/mol. The lowest BCUT2D eigenvalue weighted by Crippen LogP contribution is -2.51. The van der Waals surface area contributed by atoms with Gasteiger partial charge in [0.25, 0.3) is 0 Å². The number of hydrogen-bond donors (Lipinski definition) is 1. The summed E-state index contributed by atoms with van der Waals surface area (Å²) < 4.78 is 22.9. The highest BCUT2D eigenvalue weighted by Gasteiger charge is 2.46. The van der Waals surface area contributed by atoms with E-state index in [1.165, 1.54) is 0 Å². The fraction of sp³-hybridized carbons (Fsp3) is 0.241. The molecule has 5 rings (SSSR count). The van der Waals surface area contributed by atoms with Crippen LogP contribution >= 0.6 is 0 Å². The van der Waals surface area contributed by atoms with Gasteiger partial charge in [-0.1, -0.05) is 36.4 Å². The molecule has 0 spiro atoms. The molecule has 0 bridgehead atoms. The van der Waals surface area contributed by atoms with Crippen LogP contribution in [0.15, 0.2) is 90.5 Å². The van der Waals surface area contributed by atoms with Gasteiger partial charge in [0, 0.05) is 5.92 Å². The monoisotopic (exact) mass is 486 g/mol. The molecule has 7 heteroatoms. The molecule has 7 nitrogen and oxygen atoms in total. The van der Waals surface area contributed by atoms with Crippen molar-refractivity contribution in [3.05, 3.63) is 107 Å². The topological polar surface area (TPSA) is 91.3 Å². The molecule has 36 heavy (non-hydrogen) atoms. The molecule has 0 aromatic heterocycles. The number of carbonyl (C=O) groups is 2. The van der Waals surface area contributed by atoms with Crippen LogP contribution in [0.2, 0.25) is 0 Å². The maximum absolute atomic E-state index is 12.9. The smallest absolute Gasteiger partial charge is 0.338 e. The Morgan fingerprint density at radius 3 is 2.28 bits per heavy atom. The summed E-state index contributed by atoms with van der Waals surface area (Å²) in [6.07, 6.45) is -0.272. The number of benzene rings is 3. The number of carbonyl (C=O) groups excluding carboxylic acids is 2. The second kappa shape index (κ2) is 10.3. The molecule has 0 saturated heterocycles. The van der Waals surface area contributed by atoms with E-state index in [-0.39, 0.29) is 12.5 Å². The van der Waals surface area contributed by atoms with E-state index >= 15 is 0 Å². The maximum atomic E-state index is 12.9. The van der Waals surface area contributed by atoms with E-state index in [2.05, 4.69) is 0 Å². The molecule has 1 aliphatic heterocycles. The summed E-state index contributed by atoms with van der Waals surface area (Å²) in [6.45, 7) is -0.156. The Balaban J connectivity index is 1.42. The maximum Gasteiger partial charge on any atom is 0.338 e. The molecular weight excluding hydrogens is 460 g/mol. The van der Waals surface area contributed by atoms with Gasteiger partial charge in [-0.3, -0.25) is 0 Å². The van der Waals surface area contributed by atoms with Crippen molar-refractivity contribution in [2.75, 3.05) is 13.7 Å². The summed E-state index contributed by atoms with van der Waals surface area (Å²) in [4.78, 5) is 25.4. The first-order valence-corrected chi connectivity index (χ1v) is 11.7. The minimum atomic E-state index is -1.17. The highest BCUT2D eigenvalue weighted by molar-refractivity contribution is 5.90. The van der Waals surface area contributed by atoms with Crippen LogP contribution < -0.4 is 9.47 Å². The molecule has 0 amide bonds. The van der Waals surface area contributed by atoms with Crippen molar-refractivity contribution >= 4 is 11.9 Å². The van der Waals surface area contributed by atoms with Gasteiger partial charge in [-0.25, -0.2) is 9.59 Å². The van der Waals surface area contributed by atoms with Crippen molar-refractivity contribution in [3.8, 4) is 11.5 Å². The first kappa shape index (κ1) is 23.6. The molecule has 0 unspecified atom stereocenters. The number of aliphatic hydroxyl groups is 1. The number of ether oxygens (including phenoxy) is 4. The van der Waals surface area contributed by atoms with E-state index in [1.54, 1.807) is 61.7 Å². The molecule has 1 aliphatic carbocycles. The largest absolute Gasteiger partial charge is 0.497 e. The summed E-state index contributed by atoms with van der Waals surface area (Å²) in [5.74, 6) is -0.0173. The van der Waals surface area contributed by atoms with E-state index in [4.69, 9.17) is 18.9 Å². The van der Waals surface area contributed by atoms with E-state index in [1.807, 2.05) is 30.3 Å². The predicted octanol–water partition coefficient (Wildman–Crippen LogP) is 4.00. The van der Waals surface area contributed by atoms with Gasteiger partial charge >= 0.3 is 11.9 Å². The highest BCUT2D eigenvalue weighted by Crippen LogP contribution is 2.40. The van der Waals surface area contributed by atoms with Gasteiger partial charge in [0.15, 0.2) is 0 Å². The van der Waals surface area contributed by atoms with Gasteiger partial charge < -0.3 is 24.1 Å². The van der Waals surface area contributed by atoms with Crippen LogP contribution in [-0.4, -0.2) is 49.1 Å². The Morgan fingerprint density at radius 2 is 1.61 bits per heavy atom. The fourth-order valence-electron chi connectivity index (χ4n) is 4.63. The van der Waals surface area contributed by atoms with Crippen molar-refractivity contribution in [2.24, 2.45) is 5.92 Å². The summed E-state index contributed by atoms with van der Waals surface area (Å²) in [5, 5.41) is 11.3. The van der Waals surface area contributed by atoms with E-state index in [0.29, 0.717) is 34.6 Å². The molecule has 0 fully saturated rings. The summed E-state index contributed by atoms with van der Waals surface area (Å²) in [7, 11) is 1.59. The minimum absolute atomic E-state index is 0.156. The standard InChI is InChI=1S/C29H26O7/c1-33-22-12-13-24-20(14-22)15-23-25(35-24)16-21(17-34-28(31)18-8-4-2-5-9-18)26(30)27(23)36-29(32)19-10-6-3-7-11-19/h2-14,16,23,25-27,30H,15,17H2,1H3/t23-,25-,26-,27-/m1/s1. The molecule has 0 saturated carbocycles. The third-order valence-corrected chi connectivity index (χ3v) is 6.53. The van der Waals surface area contributed by atoms with Crippen molar-refractivity contribution in [3.63, 3.8) is 0 Å². The van der Waals surface area contributed by atoms with Crippen LogP contribution in [0.1, 0.15) is 26.3 Å². The molecule has 4 atom stereocenters. The van der Waals surface area contributed by atoms with Gasteiger partial charge in [0.1, 0.15) is 36.4 Å². The van der Waals surface area contributed by atoms with E-state index in [9.17, 15) is 14.7 Å². The Labute approximate surface area is 208 Å². The first-order chi connectivity index (χ1) is 17.5. The first-order valence-electron chi connectivity index (χ1n) is 11.7. The highest BCUT2D eigenvalue weighted by atomic mass is 16.6. The third kappa shape index (κ3) is 4.83. The Hall–Kier alpha value is -4.10. The zero-order chi connectivity index (χ0) is 25.1. The quantitative estimate of drug-likeness (QED) is 0.416. The molecule has 0 radical (unpaired) electrons. The van der Waals surface area contributed by atoms with Gasteiger partial charge in [-0.15, -0.1) is 0 Å². The van der Waals surface area contributed by atoms with Crippen molar-refractivity contribution in [1.82, 2.24) is 0 Å². The number of fused-ring (bicyclic) bond motifs is 2. The van der Waals surface area contributed by atoms with Crippen LogP contribution in [0, 0.1) is 5.92 Å². The number of esters is 2. The van der Waals surface area contributed by atoms with Crippen molar-refractivity contribution in [1.29, 1.82) is 0 Å². The van der Waals surface area contributed by atoms with Gasteiger partial charge in [0.2, 0.25) is 0 Å². The normalized spacial score (nSPS) is 22.2. The minimum Gasteiger partial charge on any atom is -0.497 e. The number of aliphatic hydroxyl groups excluding tert-OH is 1. The van der Waals surface area contributed by atoms with Gasteiger partial charge in [-0.2, -0.15) is 0 Å². The van der Waals surface area contributed by atoms with E-state index in [0.717, 1.165) is 5.56 Å². The van der Waals surface area contributed by atoms with Crippen LogP contribution in [0.25, 0.3) is 0 Å². The third-order valence-electron chi connectivity index (χ3n) is 6.53. The second-order valence-corrected chi connectivity index (χ2v) is 8.79. The van der Waals surface area contributed by atoms with E-state index < -0.39 is 30.3 Å². The number of hydrogen-bond acceptors (Lipinski definition) is 7. The lowest BCUT2D eigenvalue weighted by molar-refractivity contribution is -0.0649. The molecule has 1 N–H and O–H groups in total. The Morgan fingerprint density at radius 1 is 0.944 bits per heavy atom. The van der Waals surface area contributed by atoms with Crippen LogP contribution in [0.5, 0.6) is 11.5 Å². The van der Waals surface area contributed by atoms with Crippen molar-refractivity contribution in [2.45, 2.75) is 24.7 Å². The second-order valence-electron chi connectivity index (χ2n) is 8.79.